The maximum Gasteiger partial charge on any atom is 0.138 e. The number of imidazole rings is 1. The van der Waals surface area contributed by atoms with Gasteiger partial charge in [0.05, 0.1) is 33.1 Å². The second-order valence-corrected chi connectivity index (χ2v) is 10.6. The second-order valence-electron chi connectivity index (χ2n) is 10.6. The molecule has 0 radical (unpaired) electrons. The summed E-state index contributed by atoms with van der Waals surface area (Å²) in [7, 11) is 0. The minimum absolute atomic E-state index is 0.885. The number of rotatable bonds is 3. The molecule has 1 N–H and O–H groups in total. The van der Waals surface area contributed by atoms with E-state index in [2.05, 4.69) is 135 Å². The molecule has 0 aliphatic rings. The van der Waals surface area contributed by atoms with Crippen LogP contribution in [0.5, 0.6) is 0 Å². The number of nitrogens with zero attached hydrogens (tertiary/aromatic N) is 3. The smallest absolute Gasteiger partial charge is 0.138 e. The number of H-pyrrole nitrogens is 1. The SMILES string of the molecule is c1ccc(-n2c3ccccc3c3cc4c5cc(-c6nc7ccccc7[nH]6)ccc5n(-c5ccccc5)c4cc32)cc1. The number of para-hydroxylation sites is 5. The molecule has 41 heavy (non-hydrogen) atoms. The standard InChI is InChI=1S/C37H24N4/c1-3-11-25(12-4-1)40-33-18-10-7-15-27(33)29-22-30-28-21-24(37-38-31-16-8-9-17-32(31)39-37)19-20-34(28)41(36(30)23-35(29)40)26-13-5-2-6-14-26/h1-23H,(H,38,39). The fourth-order valence-electron chi connectivity index (χ4n) is 6.43. The number of hydrogen-bond donors (Lipinski definition) is 1. The molecular formula is C37H24N4. The first kappa shape index (κ1) is 22.2. The van der Waals surface area contributed by atoms with E-state index >= 15 is 0 Å². The molecule has 0 aliphatic heterocycles. The van der Waals surface area contributed by atoms with Gasteiger partial charge in [-0.1, -0.05) is 66.7 Å². The highest BCUT2D eigenvalue weighted by Gasteiger charge is 2.19. The third kappa shape index (κ3) is 3.25. The van der Waals surface area contributed by atoms with Crippen molar-refractivity contribution in [2.24, 2.45) is 0 Å². The molecule has 0 spiro atoms. The van der Waals surface area contributed by atoms with Crippen LogP contribution in [0.15, 0.2) is 140 Å². The fraction of sp³-hybridized carbons (Fsp3) is 0. The zero-order valence-corrected chi connectivity index (χ0v) is 22.1. The highest BCUT2D eigenvalue weighted by Crippen LogP contribution is 2.40. The predicted molar refractivity (Wildman–Crippen MR) is 170 cm³/mol. The Morgan fingerprint density at radius 1 is 0.439 bits per heavy atom. The Labute approximate surface area is 235 Å². The van der Waals surface area contributed by atoms with Crippen LogP contribution in [0.4, 0.5) is 0 Å². The topological polar surface area (TPSA) is 38.5 Å². The van der Waals surface area contributed by atoms with E-state index in [0.29, 0.717) is 0 Å². The van der Waals surface area contributed by atoms with Crippen molar-refractivity contribution in [3.8, 4) is 22.8 Å². The number of nitrogens with one attached hydrogen (secondary N) is 1. The lowest BCUT2D eigenvalue weighted by Crippen LogP contribution is -1.95. The molecule has 3 aromatic heterocycles. The van der Waals surface area contributed by atoms with Gasteiger partial charge in [0.2, 0.25) is 0 Å². The van der Waals surface area contributed by atoms with Crippen LogP contribution in [0, 0.1) is 0 Å². The molecule has 6 aromatic carbocycles. The minimum Gasteiger partial charge on any atom is -0.338 e. The summed E-state index contributed by atoms with van der Waals surface area (Å²) in [5, 5.41) is 4.94. The van der Waals surface area contributed by atoms with Crippen LogP contribution < -0.4 is 0 Å². The van der Waals surface area contributed by atoms with Crippen molar-refractivity contribution >= 4 is 54.6 Å². The largest absolute Gasteiger partial charge is 0.338 e. The van der Waals surface area contributed by atoms with E-state index in [9.17, 15) is 0 Å². The average molecular weight is 525 g/mol. The fourth-order valence-corrected chi connectivity index (χ4v) is 6.43. The summed E-state index contributed by atoms with van der Waals surface area (Å²) >= 11 is 0. The van der Waals surface area contributed by atoms with Crippen molar-refractivity contribution in [3.63, 3.8) is 0 Å². The molecule has 0 fully saturated rings. The lowest BCUT2D eigenvalue weighted by atomic mass is 10.1. The first-order valence-electron chi connectivity index (χ1n) is 13.9. The van der Waals surface area contributed by atoms with Gasteiger partial charge in [-0.3, -0.25) is 0 Å². The summed E-state index contributed by atoms with van der Waals surface area (Å²) in [6, 6.07) is 49.7. The summed E-state index contributed by atoms with van der Waals surface area (Å²) in [5.74, 6) is 0.885. The van der Waals surface area contributed by atoms with E-state index in [1.165, 1.54) is 43.6 Å². The number of fused-ring (bicyclic) bond motifs is 7. The Kier molecular flexibility index (Phi) is 4.58. The van der Waals surface area contributed by atoms with Gasteiger partial charge in [0, 0.05) is 38.5 Å². The summed E-state index contributed by atoms with van der Waals surface area (Å²) in [6.07, 6.45) is 0. The van der Waals surface area contributed by atoms with Gasteiger partial charge in [-0.25, -0.2) is 4.98 Å². The third-order valence-electron chi connectivity index (χ3n) is 8.25. The molecule has 192 valence electrons. The van der Waals surface area contributed by atoms with Gasteiger partial charge < -0.3 is 14.1 Å². The van der Waals surface area contributed by atoms with Gasteiger partial charge in [0.1, 0.15) is 5.82 Å². The average Bonchev–Trinajstić information content (AvgIpc) is 3.70. The summed E-state index contributed by atoms with van der Waals surface area (Å²) in [6.45, 7) is 0. The molecule has 0 unspecified atom stereocenters. The molecule has 0 bridgehead atoms. The molecule has 4 nitrogen and oxygen atoms in total. The van der Waals surface area contributed by atoms with E-state index in [1.54, 1.807) is 0 Å². The Balaban J connectivity index is 1.41. The van der Waals surface area contributed by atoms with Crippen molar-refractivity contribution in [2.45, 2.75) is 0 Å². The summed E-state index contributed by atoms with van der Waals surface area (Å²) in [4.78, 5) is 8.41. The first-order chi connectivity index (χ1) is 20.3. The van der Waals surface area contributed by atoms with Crippen LogP contribution >= 0.6 is 0 Å². The maximum atomic E-state index is 4.90. The lowest BCUT2D eigenvalue weighted by Gasteiger charge is -2.10. The normalized spacial score (nSPS) is 11.9. The molecular weight excluding hydrogens is 500 g/mol. The molecule has 0 amide bonds. The van der Waals surface area contributed by atoms with Gasteiger partial charge >= 0.3 is 0 Å². The van der Waals surface area contributed by atoms with Crippen LogP contribution in [0.1, 0.15) is 0 Å². The van der Waals surface area contributed by atoms with E-state index in [1.807, 2.05) is 18.2 Å². The molecule has 0 saturated heterocycles. The van der Waals surface area contributed by atoms with Gasteiger partial charge in [0.25, 0.3) is 0 Å². The first-order valence-corrected chi connectivity index (χ1v) is 13.9. The number of hydrogen-bond acceptors (Lipinski definition) is 1. The molecule has 4 heteroatoms. The third-order valence-corrected chi connectivity index (χ3v) is 8.25. The second kappa shape index (κ2) is 8.44. The number of aromatic amines is 1. The number of benzene rings is 6. The number of aromatic nitrogens is 4. The maximum absolute atomic E-state index is 4.90. The molecule has 9 aromatic rings. The van der Waals surface area contributed by atoms with Crippen LogP contribution in [-0.4, -0.2) is 19.1 Å². The van der Waals surface area contributed by atoms with Gasteiger partial charge in [0.15, 0.2) is 0 Å². The highest BCUT2D eigenvalue weighted by molar-refractivity contribution is 6.19. The van der Waals surface area contributed by atoms with Gasteiger partial charge in [-0.2, -0.15) is 0 Å². The van der Waals surface area contributed by atoms with Crippen molar-refractivity contribution in [2.75, 3.05) is 0 Å². The zero-order chi connectivity index (χ0) is 26.9. The van der Waals surface area contributed by atoms with Crippen molar-refractivity contribution < 1.29 is 0 Å². The molecule has 0 atom stereocenters. The van der Waals surface area contributed by atoms with E-state index < -0.39 is 0 Å². The lowest BCUT2D eigenvalue weighted by molar-refractivity contribution is 1.16. The molecule has 0 saturated carbocycles. The van der Waals surface area contributed by atoms with Crippen LogP contribution in [0.25, 0.3) is 77.4 Å². The van der Waals surface area contributed by atoms with Crippen molar-refractivity contribution in [1.29, 1.82) is 0 Å². The molecule has 3 heterocycles. The summed E-state index contributed by atoms with van der Waals surface area (Å²) in [5.41, 5.74) is 10.2. The molecule has 0 aliphatic carbocycles. The Morgan fingerprint density at radius 2 is 1.02 bits per heavy atom. The van der Waals surface area contributed by atoms with Crippen LogP contribution in [0.3, 0.4) is 0 Å². The van der Waals surface area contributed by atoms with Crippen molar-refractivity contribution in [3.05, 3.63) is 140 Å². The molecule has 9 rings (SSSR count). The summed E-state index contributed by atoms with van der Waals surface area (Å²) < 4.78 is 4.77. The predicted octanol–water partition coefficient (Wildman–Crippen LogP) is 9.42. The Hall–Kier alpha value is -5.61. The minimum atomic E-state index is 0.885. The van der Waals surface area contributed by atoms with E-state index in [4.69, 9.17) is 4.98 Å². The quantitative estimate of drug-likeness (QED) is 0.246. The van der Waals surface area contributed by atoms with Crippen LogP contribution in [-0.2, 0) is 0 Å². The van der Waals surface area contributed by atoms with Crippen LogP contribution in [0.2, 0.25) is 0 Å². The Morgan fingerprint density at radius 3 is 1.76 bits per heavy atom. The Bertz CT molecular complexity index is 2370. The van der Waals surface area contributed by atoms with Gasteiger partial charge in [-0.05, 0) is 72.8 Å². The van der Waals surface area contributed by atoms with E-state index in [0.717, 1.165) is 33.8 Å². The monoisotopic (exact) mass is 524 g/mol. The van der Waals surface area contributed by atoms with Crippen molar-refractivity contribution in [1.82, 2.24) is 19.1 Å². The highest BCUT2D eigenvalue weighted by atomic mass is 15.0. The zero-order valence-electron chi connectivity index (χ0n) is 22.1. The van der Waals surface area contributed by atoms with E-state index in [-0.39, 0.29) is 0 Å². The van der Waals surface area contributed by atoms with Gasteiger partial charge in [-0.15, -0.1) is 0 Å².